The lowest BCUT2D eigenvalue weighted by Crippen LogP contribution is -2.54. The standard InChI is InChI=1S/C17H30N2O/c1-13(2)15-6-5-9-17(10-15,12-18)19(4)11-16-8-7-14(3)20-16/h7-8,13,15H,5-6,9-12,18H2,1-4H3. The summed E-state index contributed by atoms with van der Waals surface area (Å²) in [6.07, 6.45) is 5.08. The molecule has 0 radical (unpaired) electrons. The van der Waals surface area contributed by atoms with Gasteiger partial charge >= 0.3 is 0 Å². The summed E-state index contributed by atoms with van der Waals surface area (Å²) < 4.78 is 5.73. The molecule has 20 heavy (non-hydrogen) atoms. The van der Waals surface area contributed by atoms with Crippen molar-refractivity contribution in [2.24, 2.45) is 17.6 Å². The topological polar surface area (TPSA) is 42.4 Å². The van der Waals surface area contributed by atoms with E-state index in [9.17, 15) is 0 Å². The number of hydrogen-bond acceptors (Lipinski definition) is 3. The molecule has 1 fully saturated rings. The molecule has 2 unspecified atom stereocenters. The summed E-state index contributed by atoms with van der Waals surface area (Å²) in [4.78, 5) is 2.43. The van der Waals surface area contributed by atoms with Crippen molar-refractivity contribution in [2.45, 2.75) is 58.5 Å². The van der Waals surface area contributed by atoms with Crippen LogP contribution in [0.15, 0.2) is 16.5 Å². The largest absolute Gasteiger partial charge is 0.465 e. The molecule has 2 rings (SSSR count). The molecule has 1 aliphatic rings. The zero-order valence-electron chi connectivity index (χ0n) is 13.5. The Bertz CT molecular complexity index is 426. The third kappa shape index (κ3) is 3.26. The summed E-state index contributed by atoms with van der Waals surface area (Å²) in [6.45, 7) is 8.28. The number of likely N-dealkylation sites (N-methyl/N-ethyl adjacent to an activating group) is 1. The highest BCUT2D eigenvalue weighted by Gasteiger charge is 2.39. The number of hydrogen-bond donors (Lipinski definition) is 1. The Morgan fingerprint density at radius 2 is 2.20 bits per heavy atom. The number of nitrogens with two attached hydrogens (primary N) is 1. The van der Waals surface area contributed by atoms with Crippen LogP contribution in [0.3, 0.4) is 0 Å². The van der Waals surface area contributed by atoms with Gasteiger partial charge in [-0.25, -0.2) is 0 Å². The average molecular weight is 278 g/mol. The molecular weight excluding hydrogens is 248 g/mol. The van der Waals surface area contributed by atoms with Gasteiger partial charge in [0.15, 0.2) is 0 Å². The molecule has 0 aromatic carbocycles. The van der Waals surface area contributed by atoms with Gasteiger partial charge in [0.2, 0.25) is 0 Å². The maximum absolute atomic E-state index is 6.19. The molecule has 3 heteroatoms. The number of furan rings is 1. The Morgan fingerprint density at radius 1 is 1.45 bits per heavy atom. The normalized spacial score (nSPS) is 27.4. The predicted octanol–water partition coefficient (Wildman–Crippen LogP) is 3.56. The summed E-state index contributed by atoms with van der Waals surface area (Å²) >= 11 is 0. The van der Waals surface area contributed by atoms with Crippen LogP contribution in [0.4, 0.5) is 0 Å². The van der Waals surface area contributed by atoms with Gasteiger partial charge in [0.05, 0.1) is 6.54 Å². The lowest BCUT2D eigenvalue weighted by molar-refractivity contribution is 0.0351. The second kappa shape index (κ2) is 6.31. The molecule has 0 spiro atoms. The Labute approximate surface area is 123 Å². The van der Waals surface area contributed by atoms with Gasteiger partial charge in [0.1, 0.15) is 11.5 Å². The van der Waals surface area contributed by atoms with Gasteiger partial charge in [-0.2, -0.15) is 0 Å². The first-order chi connectivity index (χ1) is 9.47. The zero-order chi connectivity index (χ0) is 14.8. The molecule has 1 heterocycles. The van der Waals surface area contributed by atoms with Crippen LogP contribution < -0.4 is 5.73 Å². The highest BCUT2D eigenvalue weighted by atomic mass is 16.3. The van der Waals surface area contributed by atoms with E-state index in [0.717, 1.165) is 36.4 Å². The molecule has 1 aliphatic carbocycles. The smallest absolute Gasteiger partial charge is 0.118 e. The molecular formula is C17H30N2O. The van der Waals surface area contributed by atoms with Gasteiger partial charge in [0.25, 0.3) is 0 Å². The molecule has 0 amide bonds. The third-order valence-corrected chi connectivity index (χ3v) is 5.18. The van der Waals surface area contributed by atoms with E-state index in [1.807, 2.05) is 13.0 Å². The van der Waals surface area contributed by atoms with E-state index >= 15 is 0 Å². The van der Waals surface area contributed by atoms with Gasteiger partial charge in [-0.3, -0.25) is 4.90 Å². The van der Waals surface area contributed by atoms with Gasteiger partial charge in [-0.15, -0.1) is 0 Å². The van der Waals surface area contributed by atoms with Crippen LogP contribution in [0.25, 0.3) is 0 Å². The number of nitrogens with zero attached hydrogens (tertiary/aromatic N) is 1. The molecule has 2 atom stereocenters. The van der Waals surface area contributed by atoms with Crippen molar-refractivity contribution in [3.05, 3.63) is 23.7 Å². The second-order valence-electron chi connectivity index (χ2n) is 6.90. The van der Waals surface area contributed by atoms with Crippen molar-refractivity contribution in [2.75, 3.05) is 13.6 Å². The van der Waals surface area contributed by atoms with Crippen LogP contribution in [0.2, 0.25) is 0 Å². The van der Waals surface area contributed by atoms with E-state index in [0.29, 0.717) is 0 Å². The Kier molecular flexibility index (Phi) is 4.92. The van der Waals surface area contributed by atoms with Crippen molar-refractivity contribution in [3.63, 3.8) is 0 Å². The fraction of sp³-hybridized carbons (Fsp3) is 0.765. The Hall–Kier alpha value is -0.800. The Balaban J connectivity index is 2.08. The van der Waals surface area contributed by atoms with Crippen LogP contribution in [-0.2, 0) is 6.54 Å². The highest BCUT2D eigenvalue weighted by Crippen LogP contribution is 2.39. The Morgan fingerprint density at radius 3 is 2.75 bits per heavy atom. The summed E-state index contributed by atoms with van der Waals surface area (Å²) in [5, 5.41) is 0. The molecule has 1 aromatic rings. The van der Waals surface area contributed by atoms with Crippen molar-refractivity contribution in [1.29, 1.82) is 0 Å². The van der Waals surface area contributed by atoms with Crippen LogP contribution in [-0.4, -0.2) is 24.0 Å². The van der Waals surface area contributed by atoms with Crippen LogP contribution in [0, 0.1) is 18.8 Å². The fourth-order valence-electron chi connectivity index (χ4n) is 3.61. The highest BCUT2D eigenvalue weighted by molar-refractivity contribution is 5.07. The van der Waals surface area contributed by atoms with Gasteiger partial charge in [-0.05, 0) is 50.8 Å². The van der Waals surface area contributed by atoms with Crippen molar-refractivity contribution < 1.29 is 4.42 Å². The van der Waals surface area contributed by atoms with Crippen LogP contribution in [0.1, 0.15) is 51.1 Å². The molecule has 1 saturated carbocycles. The molecule has 0 aliphatic heterocycles. The van der Waals surface area contributed by atoms with E-state index in [4.69, 9.17) is 10.2 Å². The van der Waals surface area contributed by atoms with E-state index in [2.05, 4.69) is 31.9 Å². The van der Waals surface area contributed by atoms with E-state index in [1.165, 1.54) is 25.7 Å². The van der Waals surface area contributed by atoms with E-state index in [1.54, 1.807) is 0 Å². The summed E-state index contributed by atoms with van der Waals surface area (Å²) in [5.41, 5.74) is 6.33. The monoisotopic (exact) mass is 278 g/mol. The summed E-state index contributed by atoms with van der Waals surface area (Å²) in [7, 11) is 2.20. The minimum atomic E-state index is 0.147. The van der Waals surface area contributed by atoms with Crippen molar-refractivity contribution in [3.8, 4) is 0 Å². The van der Waals surface area contributed by atoms with Crippen LogP contribution >= 0.6 is 0 Å². The summed E-state index contributed by atoms with van der Waals surface area (Å²) in [5.74, 6) is 3.58. The van der Waals surface area contributed by atoms with Crippen molar-refractivity contribution >= 4 is 0 Å². The minimum Gasteiger partial charge on any atom is -0.465 e. The maximum Gasteiger partial charge on any atom is 0.118 e. The molecule has 0 saturated heterocycles. The number of rotatable bonds is 5. The average Bonchev–Trinajstić information content (AvgIpc) is 2.84. The van der Waals surface area contributed by atoms with Gasteiger partial charge in [0, 0.05) is 12.1 Å². The minimum absolute atomic E-state index is 0.147. The second-order valence-corrected chi connectivity index (χ2v) is 6.90. The first-order valence-corrected chi connectivity index (χ1v) is 7.93. The van der Waals surface area contributed by atoms with Gasteiger partial charge in [-0.1, -0.05) is 26.7 Å². The van der Waals surface area contributed by atoms with Crippen molar-refractivity contribution in [1.82, 2.24) is 4.90 Å². The lowest BCUT2D eigenvalue weighted by atomic mass is 9.71. The third-order valence-electron chi connectivity index (χ3n) is 5.18. The number of aryl methyl sites for hydroxylation is 1. The molecule has 1 aromatic heterocycles. The first-order valence-electron chi connectivity index (χ1n) is 7.93. The first kappa shape index (κ1) is 15.6. The van der Waals surface area contributed by atoms with E-state index in [-0.39, 0.29) is 5.54 Å². The van der Waals surface area contributed by atoms with Gasteiger partial charge < -0.3 is 10.2 Å². The van der Waals surface area contributed by atoms with E-state index < -0.39 is 0 Å². The molecule has 2 N–H and O–H groups in total. The lowest BCUT2D eigenvalue weighted by Gasteiger charge is -2.47. The fourth-order valence-corrected chi connectivity index (χ4v) is 3.61. The summed E-state index contributed by atoms with van der Waals surface area (Å²) in [6, 6.07) is 4.12. The molecule has 114 valence electrons. The maximum atomic E-state index is 6.19. The quantitative estimate of drug-likeness (QED) is 0.895. The predicted molar refractivity (Wildman–Crippen MR) is 83.5 cm³/mol. The zero-order valence-corrected chi connectivity index (χ0v) is 13.5. The SMILES string of the molecule is Cc1ccc(CN(C)C2(CN)CCCC(C(C)C)C2)o1. The molecule has 3 nitrogen and oxygen atoms in total. The molecule has 0 bridgehead atoms. The van der Waals surface area contributed by atoms with Crippen LogP contribution in [0.5, 0.6) is 0 Å².